The van der Waals surface area contributed by atoms with Crippen molar-refractivity contribution in [2.75, 3.05) is 6.61 Å². The highest BCUT2D eigenvalue weighted by molar-refractivity contribution is 5.67. The van der Waals surface area contributed by atoms with E-state index in [1.54, 1.807) is 27.7 Å². The van der Waals surface area contributed by atoms with Crippen molar-refractivity contribution in [3.05, 3.63) is 0 Å². The molecule has 0 aromatic carbocycles. The Kier molecular flexibility index (Phi) is 2.49. The van der Waals surface area contributed by atoms with E-state index in [1.807, 2.05) is 0 Å². The van der Waals surface area contributed by atoms with E-state index in [0.29, 0.717) is 0 Å². The van der Waals surface area contributed by atoms with Gasteiger partial charge in [0, 0.05) is 0 Å². The fourth-order valence-corrected chi connectivity index (χ4v) is 1.69. The van der Waals surface area contributed by atoms with E-state index < -0.39 is 23.5 Å². The van der Waals surface area contributed by atoms with E-state index in [0.717, 1.165) is 4.90 Å². The van der Waals surface area contributed by atoms with Crippen LogP contribution in [0.5, 0.6) is 0 Å². The topological polar surface area (TPSA) is 70.0 Å². The van der Waals surface area contributed by atoms with Gasteiger partial charge in [-0.25, -0.2) is 4.79 Å². The van der Waals surface area contributed by atoms with Crippen molar-refractivity contribution >= 4 is 6.09 Å². The van der Waals surface area contributed by atoms with Crippen LogP contribution in [0, 0.1) is 0 Å². The van der Waals surface area contributed by atoms with E-state index in [1.165, 1.54) is 0 Å². The van der Waals surface area contributed by atoms with Gasteiger partial charge in [-0.15, -0.1) is 0 Å². The van der Waals surface area contributed by atoms with Gasteiger partial charge in [0.2, 0.25) is 0 Å². The van der Waals surface area contributed by atoms with E-state index in [9.17, 15) is 9.90 Å². The quantitative estimate of drug-likeness (QED) is 0.663. The SMILES string of the molecule is CC(C)(O)C1COC(C)(C)N1C(=O)O. The molecule has 0 bridgehead atoms. The number of ether oxygens (including phenoxy) is 1. The number of aliphatic hydroxyl groups is 1. The Morgan fingerprint density at radius 2 is 2.07 bits per heavy atom. The lowest BCUT2D eigenvalue weighted by Crippen LogP contribution is -2.54. The van der Waals surface area contributed by atoms with Crippen LogP contribution in [0.4, 0.5) is 4.79 Å². The van der Waals surface area contributed by atoms with Crippen LogP contribution in [0.3, 0.4) is 0 Å². The molecule has 1 atom stereocenters. The zero-order chi connectivity index (χ0) is 11.1. The summed E-state index contributed by atoms with van der Waals surface area (Å²) in [4.78, 5) is 12.2. The van der Waals surface area contributed by atoms with Crippen LogP contribution >= 0.6 is 0 Å². The fourth-order valence-electron chi connectivity index (χ4n) is 1.69. The van der Waals surface area contributed by atoms with Gasteiger partial charge in [-0.3, -0.25) is 4.90 Å². The van der Waals surface area contributed by atoms with Crippen molar-refractivity contribution in [2.24, 2.45) is 0 Å². The minimum atomic E-state index is -1.09. The molecule has 5 nitrogen and oxygen atoms in total. The second kappa shape index (κ2) is 3.10. The van der Waals surface area contributed by atoms with Crippen LogP contribution < -0.4 is 0 Å². The second-order valence-corrected chi connectivity index (χ2v) is 4.58. The van der Waals surface area contributed by atoms with Crippen LogP contribution in [-0.2, 0) is 4.74 Å². The van der Waals surface area contributed by atoms with Gasteiger partial charge in [-0.1, -0.05) is 0 Å². The van der Waals surface area contributed by atoms with Gasteiger partial charge in [0.25, 0.3) is 0 Å². The number of nitrogens with zero attached hydrogens (tertiary/aromatic N) is 1. The summed E-state index contributed by atoms with van der Waals surface area (Å²) in [6.45, 7) is 6.74. The average Bonchev–Trinajstić information content (AvgIpc) is 2.23. The largest absolute Gasteiger partial charge is 0.465 e. The summed E-state index contributed by atoms with van der Waals surface area (Å²) in [7, 11) is 0. The van der Waals surface area contributed by atoms with Crippen LogP contribution in [0.2, 0.25) is 0 Å². The van der Waals surface area contributed by atoms with Crippen molar-refractivity contribution in [1.29, 1.82) is 0 Å². The number of hydrogen-bond acceptors (Lipinski definition) is 3. The van der Waals surface area contributed by atoms with Crippen LogP contribution in [0.25, 0.3) is 0 Å². The zero-order valence-corrected chi connectivity index (χ0v) is 8.94. The van der Waals surface area contributed by atoms with Gasteiger partial charge in [-0.2, -0.15) is 0 Å². The predicted molar refractivity (Wildman–Crippen MR) is 50.0 cm³/mol. The summed E-state index contributed by atoms with van der Waals surface area (Å²) >= 11 is 0. The Morgan fingerprint density at radius 1 is 1.57 bits per heavy atom. The first kappa shape index (κ1) is 11.3. The Labute approximate surface area is 83.3 Å². The molecule has 0 spiro atoms. The van der Waals surface area contributed by atoms with Gasteiger partial charge >= 0.3 is 6.09 Å². The Hall–Kier alpha value is -0.810. The molecule has 0 aromatic rings. The number of carboxylic acid groups (broad SMARTS) is 1. The number of amides is 1. The van der Waals surface area contributed by atoms with Gasteiger partial charge in [0.15, 0.2) is 0 Å². The maximum Gasteiger partial charge on any atom is 0.410 e. The molecule has 0 aliphatic carbocycles. The van der Waals surface area contributed by atoms with Crippen LogP contribution in [0.1, 0.15) is 27.7 Å². The molecule has 2 N–H and O–H groups in total. The Bertz CT molecular complexity index is 244. The lowest BCUT2D eigenvalue weighted by molar-refractivity contribution is -0.0549. The molecular weight excluding hydrogens is 186 g/mol. The van der Waals surface area contributed by atoms with Gasteiger partial charge in [-0.05, 0) is 27.7 Å². The average molecular weight is 203 g/mol. The fraction of sp³-hybridized carbons (Fsp3) is 0.889. The first-order valence-corrected chi connectivity index (χ1v) is 4.55. The molecular formula is C9H17NO4. The molecule has 1 rings (SSSR count). The van der Waals surface area contributed by atoms with Crippen molar-refractivity contribution < 1.29 is 19.7 Å². The first-order valence-electron chi connectivity index (χ1n) is 4.55. The first-order chi connectivity index (χ1) is 6.16. The molecule has 1 amide bonds. The van der Waals surface area contributed by atoms with Crippen molar-refractivity contribution in [3.8, 4) is 0 Å². The molecule has 82 valence electrons. The van der Waals surface area contributed by atoms with E-state index >= 15 is 0 Å². The molecule has 1 saturated heterocycles. The molecule has 1 unspecified atom stereocenters. The van der Waals surface area contributed by atoms with Gasteiger partial charge in [0.05, 0.1) is 18.2 Å². The molecule has 1 heterocycles. The van der Waals surface area contributed by atoms with E-state index in [2.05, 4.69) is 0 Å². The molecule has 1 aliphatic heterocycles. The molecule has 0 aromatic heterocycles. The van der Waals surface area contributed by atoms with Crippen molar-refractivity contribution in [3.63, 3.8) is 0 Å². The summed E-state index contributed by atoms with van der Waals surface area (Å²) in [5, 5.41) is 18.8. The van der Waals surface area contributed by atoms with Gasteiger partial charge in [0.1, 0.15) is 5.72 Å². The normalized spacial score (nSPS) is 26.6. The smallest absolute Gasteiger partial charge is 0.410 e. The lowest BCUT2D eigenvalue weighted by Gasteiger charge is -2.36. The van der Waals surface area contributed by atoms with Crippen LogP contribution in [0.15, 0.2) is 0 Å². The van der Waals surface area contributed by atoms with Crippen molar-refractivity contribution in [2.45, 2.75) is 45.1 Å². The summed E-state index contributed by atoms with van der Waals surface area (Å²) in [6, 6.07) is -0.519. The highest BCUT2D eigenvalue weighted by Crippen LogP contribution is 2.32. The third kappa shape index (κ3) is 1.83. The maximum atomic E-state index is 11.0. The molecule has 5 heteroatoms. The molecule has 0 radical (unpaired) electrons. The third-order valence-electron chi connectivity index (χ3n) is 2.51. The second-order valence-electron chi connectivity index (χ2n) is 4.58. The Morgan fingerprint density at radius 3 is 2.36 bits per heavy atom. The number of carbonyl (C=O) groups is 1. The predicted octanol–water partition coefficient (Wildman–Crippen LogP) is 0.872. The minimum absolute atomic E-state index is 0.225. The summed E-state index contributed by atoms with van der Waals surface area (Å²) < 4.78 is 5.34. The number of hydrogen-bond donors (Lipinski definition) is 2. The maximum absolute atomic E-state index is 11.0. The highest BCUT2D eigenvalue weighted by atomic mass is 16.5. The summed E-state index contributed by atoms with van der Waals surface area (Å²) in [5.74, 6) is 0. The summed E-state index contributed by atoms with van der Waals surface area (Å²) in [6.07, 6.45) is -1.07. The van der Waals surface area contributed by atoms with E-state index in [4.69, 9.17) is 9.84 Å². The monoisotopic (exact) mass is 203 g/mol. The standard InChI is InChI=1S/C9H17NO4/c1-8(2,13)6-5-14-9(3,4)10(6)7(11)12/h6,13H,5H2,1-4H3,(H,11,12). The highest BCUT2D eigenvalue weighted by Gasteiger charge is 2.49. The molecule has 1 aliphatic rings. The molecule has 14 heavy (non-hydrogen) atoms. The Balaban J connectivity index is 2.96. The molecule has 0 saturated carbocycles. The van der Waals surface area contributed by atoms with Crippen LogP contribution in [-0.4, -0.2) is 45.2 Å². The van der Waals surface area contributed by atoms with E-state index in [-0.39, 0.29) is 6.61 Å². The molecule has 1 fully saturated rings. The third-order valence-corrected chi connectivity index (χ3v) is 2.51. The van der Waals surface area contributed by atoms with Gasteiger partial charge < -0.3 is 14.9 Å². The number of rotatable bonds is 1. The minimum Gasteiger partial charge on any atom is -0.465 e. The summed E-state index contributed by atoms with van der Waals surface area (Å²) in [5.41, 5.74) is -1.96. The zero-order valence-electron chi connectivity index (χ0n) is 8.94. The van der Waals surface area contributed by atoms with Crippen molar-refractivity contribution in [1.82, 2.24) is 4.90 Å². The lowest BCUT2D eigenvalue weighted by atomic mass is 9.98.